The van der Waals surface area contributed by atoms with Crippen molar-refractivity contribution in [3.8, 4) is 0 Å². The van der Waals surface area contributed by atoms with Crippen molar-refractivity contribution >= 4 is 0 Å². The highest BCUT2D eigenvalue weighted by Gasteiger charge is 2.58. The second-order valence-electron chi connectivity index (χ2n) is 3.92. The summed E-state index contributed by atoms with van der Waals surface area (Å²) in [5.41, 5.74) is 0. The fraction of sp³-hybridized carbons (Fsp3) is 1.00. The van der Waals surface area contributed by atoms with E-state index in [-0.39, 0.29) is 18.8 Å². The van der Waals surface area contributed by atoms with Crippen molar-refractivity contribution in [2.45, 2.75) is 37.5 Å². The van der Waals surface area contributed by atoms with Crippen LogP contribution in [0.3, 0.4) is 0 Å². The van der Waals surface area contributed by atoms with E-state index in [9.17, 15) is 13.2 Å². The molecule has 1 nitrogen and oxygen atoms in total. The van der Waals surface area contributed by atoms with Gasteiger partial charge in [-0.2, -0.15) is 0 Å². The molecule has 0 aromatic carbocycles. The quantitative estimate of drug-likeness (QED) is 0.602. The third kappa shape index (κ3) is 1.04. The Kier molecular flexibility index (Phi) is 1.65. The molecule has 0 saturated heterocycles. The molecule has 2 aliphatic carbocycles. The Hall–Kier alpha value is -0.250. The third-order valence-corrected chi connectivity index (χ3v) is 3.04. The van der Waals surface area contributed by atoms with Crippen LogP contribution in [0, 0.1) is 11.8 Å². The zero-order valence-electron chi connectivity index (χ0n) is 6.51. The van der Waals surface area contributed by atoms with E-state index in [0.29, 0.717) is 6.42 Å². The van der Waals surface area contributed by atoms with Gasteiger partial charge < -0.3 is 5.11 Å². The lowest BCUT2D eigenvalue weighted by atomic mass is 10.0. The predicted molar refractivity (Wildman–Crippen MR) is 36.7 cm³/mol. The van der Waals surface area contributed by atoms with Crippen molar-refractivity contribution in [2.24, 2.45) is 11.8 Å². The van der Waals surface area contributed by atoms with Crippen LogP contribution in [0.1, 0.15) is 19.3 Å². The van der Waals surface area contributed by atoms with Gasteiger partial charge in [-0.15, -0.1) is 0 Å². The minimum atomic E-state index is -3.14. The molecule has 12 heavy (non-hydrogen) atoms. The molecule has 2 fully saturated rings. The summed E-state index contributed by atoms with van der Waals surface area (Å²) in [6.45, 7) is 0. The monoisotopic (exact) mass is 180 g/mol. The highest BCUT2D eigenvalue weighted by Crippen LogP contribution is 2.52. The Bertz CT molecular complexity index is 195. The zero-order valence-corrected chi connectivity index (χ0v) is 6.51. The highest BCUT2D eigenvalue weighted by atomic mass is 19.3. The first-order valence-corrected chi connectivity index (χ1v) is 4.20. The number of fused-ring (bicyclic) bond motifs is 1. The fourth-order valence-corrected chi connectivity index (χ4v) is 2.50. The normalized spacial score (nSPS) is 51.0. The summed E-state index contributed by atoms with van der Waals surface area (Å²) in [6, 6.07) is 0. The van der Waals surface area contributed by atoms with Crippen molar-refractivity contribution in [1.29, 1.82) is 0 Å². The molecular formula is C8H11F3O. The van der Waals surface area contributed by atoms with Gasteiger partial charge in [0.05, 0.1) is 6.10 Å². The van der Waals surface area contributed by atoms with Crippen LogP contribution in [0.2, 0.25) is 0 Å². The van der Waals surface area contributed by atoms with Crippen LogP contribution in [0.25, 0.3) is 0 Å². The second kappa shape index (κ2) is 2.37. The van der Waals surface area contributed by atoms with Gasteiger partial charge in [0, 0.05) is 12.3 Å². The molecular weight excluding hydrogens is 169 g/mol. The Labute approximate surface area is 68.6 Å². The van der Waals surface area contributed by atoms with Gasteiger partial charge in [0.1, 0.15) is 0 Å². The van der Waals surface area contributed by atoms with Crippen LogP contribution in [0.5, 0.6) is 0 Å². The van der Waals surface area contributed by atoms with Gasteiger partial charge in [0.15, 0.2) is 6.17 Å². The smallest absolute Gasteiger partial charge is 0.279 e. The van der Waals surface area contributed by atoms with E-state index in [0.717, 1.165) is 0 Å². The summed E-state index contributed by atoms with van der Waals surface area (Å²) in [5.74, 6) is -4.05. The van der Waals surface area contributed by atoms with E-state index in [1.165, 1.54) is 0 Å². The second-order valence-corrected chi connectivity index (χ2v) is 3.92. The molecule has 4 atom stereocenters. The molecule has 0 radical (unpaired) electrons. The lowest BCUT2D eigenvalue weighted by Crippen LogP contribution is -2.28. The summed E-state index contributed by atoms with van der Waals surface area (Å²) >= 11 is 0. The first-order valence-electron chi connectivity index (χ1n) is 4.20. The molecule has 2 aliphatic rings. The molecule has 2 rings (SSSR count). The van der Waals surface area contributed by atoms with Crippen LogP contribution < -0.4 is 0 Å². The predicted octanol–water partition coefficient (Wildman–Crippen LogP) is 1.75. The molecule has 0 spiro atoms. The lowest BCUT2D eigenvalue weighted by Gasteiger charge is -2.15. The molecule has 0 aromatic rings. The van der Waals surface area contributed by atoms with E-state index in [1.807, 2.05) is 0 Å². The van der Waals surface area contributed by atoms with Crippen molar-refractivity contribution in [1.82, 2.24) is 0 Å². The van der Waals surface area contributed by atoms with E-state index in [2.05, 4.69) is 0 Å². The summed E-state index contributed by atoms with van der Waals surface area (Å²) in [4.78, 5) is 0. The number of hydrogen-bond acceptors (Lipinski definition) is 1. The topological polar surface area (TPSA) is 20.2 Å². The number of aliphatic hydroxyl groups is 1. The van der Waals surface area contributed by atoms with Gasteiger partial charge in [-0.05, 0) is 18.8 Å². The van der Waals surface area contributed by atoms with E-state index < -0.39 is 24.1 Å². The maximum absolute atomic E-state index is 13.0. The molecule has 1 N–H and O–H groups in total. The van der Waals surface area contributed by atoms with Crippen LogP contribution in [-0.2, 0) is 0 Å². The van der Waals surface area contributed by atoms with Gasteiger partial charge in [-0.25, -0.2) is 13.2 Å². The van der Waals surface area contributed by atoms with Gasteiger partial charge in [-0.1, -0.05) is 0 Å². The molecule has 0 aliphatic heterocycles. The Morgan fingerprint density at radius 3 is 2.50 bits per heavy atom. The molecule has 0 bridgehead atoms. The van der Waals surface area contributed by atoms with E-state index in [1.54, 1.807) is 0 Å². The number of rotatable bonds is 0. The molecule has 0 aromatic heterocycles. The van der Waals surface area contributed by atoms with Crippen LogP contribution >= 0.6 is 0 Å². The fourth-order valence-electron chi connectivity index (χ4n) is 2.50. The summed E-state index contributed by atoms with van der Waals surface area (Å²) in [7, 11) is 0. The van der Waals surface area contributed by atoms with E-state index >= 15 is 0 Å². The maximum Gasteiger partial charge on any atom is 0.279 e. The molecule has 2 saturated carbocycles. The minimum Gasteiger partial charge on any atom is -0.393 e. The van der Waals surface area contributed by atoms with Crippen molar-refractivity contribution in [3.63, 3.8) is 0 Å². The molecule has 0 heterocycles. The van der Waals surface area contributed by atoms with Crippen LogP contribution in [0.4, 0.5) is 13.2 Å². The van der Waals surface area contributed by atoms with Gasteiger partial charge in [0.2, 0.25) is 0 Å². The Morgan fingerprint density at radius 2 is 1.92 bits per heavy atom. The van der Waals surface area contributed by atoms with Gasteiger partial charge in [-0.3, -0.25) is 0 Å². The molecule has 70 valence electrons. The van der Waals surface area contributed by atoms with Crippen molar-refractivity contribution in [2.75, 3.05) is 0 Å². The minimum absolute atomic E-state index is 0.210. The van der Waals surface area contributed by atoms with Gasteiger partial charge >= 0.3 is 0 Å². The summed E-state index contributed by atoms with van der Waals surface area (Å²) in [5, 5.41) is 9.11. The maximum atomic E-state index is 13.0. The number of halogens is 3. The zero-order chi connectivity index (χ0) is 8.93. The molecule has 0 amide bonds. The number of aliphatic hydroxyl groups excluding tert-OH is 1. The summed E-state index contributed by atoms with van der Waals surface area (Å²) in [6.07, 6.45) is -2.41. The number of hydrogen-bond donors (Lipinski definition) is 1. The third-order valence-electron chi connectivity index (χ3n) is 3.04. The lowest BCUT2D eigenvalue weighted by molar-refractivity contribution is -0.0655. The van der Waals surface area contributed by atoms with Crippen molar-refractivity contribution < 1.29 is 18.3 Å². The van der Waals surface area contributed by atoms with E-state index in [4.69, 9.17) is 5.11 Å². The molecule has 4 heteroatoms. The Morgan fingerprint density at radius 1 is 1.25 bits per heavy atom. The average Bonchev–Trinajstić information content (AvgIpc) is 2.35. The van der Waals surface area contributed by atoms with Gasteiger partial charge in [0.25, 0.3) is 5.92 Å². The Balaban J connectivity index is 2.14. The van der Waals surface area contributed by atoms with Crippen molar-refractivity contribution in [3.05, 3.63) is 0 Å². The first kappa shape index (κ1) is 8.35. The first-order chi connectivity index (χ1) is 5.50. The standard InChI is InChI=1S/C8H11F3O/c9-7-6-2-5(12)1-4(6)3-8(7,10)11/h4-7,12H,1-3H2/t4-,5-,6-,7+/m0/s1. The van der Waals surface area contributed by atoms with Crippen LogP contribution in [-0.4, -0.2) is 23.3 Å². The molecule has 0 unspecified atom stereocenters. The highest BCUT2D eigenvalue weighted by molar-refractivity contribution is 5.01. The SMILES string of the molecule is O[C@H]1C[C@H]2CC(F)(F)[C@H](F)[C@H]2C1. The number of alkyl halides is 3. The summed E-state index contributed by atoms with van der Waals surface area (Å²) < 4.78 is 38.4. The largest absolute Gasteiger partial charge is 0.393 e. The van der Waals surface area contributed by atoms with Crippen LogP contribution in [0.15, 0.2) is 0 Å². The average molecular weight is 180 g/mol.